The fourth-order valence-electron chi connectivity index (χ4n) is 3.81. The molecule has 202 valence electrons. The smallest absolute Gasteiger partial charge is 0.264 e. The van der Waals surface area contributed by atoms with E-state index in [1.807, 2.05) is 13.2 Å². The third-order valence-electron chi connectivity index (χ3n) is 6.03. The van der Waals surface area contributed by atoms with Crippen LogP contribution in [0.1, 0.15) is 25.0 Å². The van der Waals surface area contributed by atoms with Gasteiger partial charge in [-0.3, -0.25) is 13.9 Å². The first-order valence-electron chi connectivity index (χ1n) is 12.1. The number of likely N-dealkylation sites (N-methyl/N-ethyl adjacent to an activating group) is 1. The van der Waals surface area contributed by atoms with E-state index < -0.39 is 34.3 Å². The molecule has 0 aromatic heterocycles. The van der Waals surface area contributed by atoms with Gasteiger partial charge >= 0.3 is 0 Å². The van der Waals surface area contributed by atoms with Gasteiger partial charge in [-0.25, -0.2) is 12.8 Å². The summed E-state index contributed by atoms with van der Waals surface area (Å²) in [6, 6.07) is 18.0. The number of carbonyl (C=O) groups excluding carboxylic acids is 2. The van der Waals surface area contributed by atoms with Crippen molar-refractivity contribution in [3.05, 3.63) is 89.7 Å². The number of aryl methyl sites for hydroxylation is 1. The molecular weight excluding hydrogens is 525 g/mol. The van der Waals surface area contributed by atoms with Gasteiger partial charge in [0.1, 0.15) is 18.4 Å². The molecule has 0 radical (unpaired) electrons. The first kappa shape index (κ1) is 29.2. The van der Waals surface area contributed by atoms with Crippen LogP contribution in [0.4, 0.5) is 10.1 Å². The van der Waals surface area contributed by atoms with Crippen LogP contribution in [0.3, 0.4) is 0 Å². The van der Waals surface area contributed by atoms with E-state index in [0.29, 0.717) is 17.8 Å². The van der Waals surface area contributed by atoms with E-state index in [1.54, 1.807) is 50.2 Å². The Hall–Kier alpha value is -3.37. The molecule has 1 N–H and O–H groups in total. The van der Waals surface area contributed by atoms with E-state index in [1.165, 1.54) is 53.1 Å². The minimum absolute atomic E-state index is 0.00161. The molecule has 0 fully saturated rings. The number of hydrogen-bond donors (Lipinski definition) is 1. The Balaban J connectivity index is 2.01. The average Bonchev–Trinajstić information content (AvgIpc) is 2.91. The van der Waals surface area contributed by atoms with Crippen molar-refractivity contribution in [3.8, 4) is 0 Å². The van der Waals surface area contributed by atoms with Gasteiger partial charge in [0.05, 0.1) is 10.6 Å². The number of rotatable bonds is 11. The van der Waals surface area contributed by atoms with Gasteiger partial charge in [-0.1, -0.05) is 29.8 Å². The molecule has 3 aromatic carbocycles. The lowest BCUT2D eigenvalue weighted by molar-refractivity contribution is -0.139. The molecule has 7 nitrogen and oxygen atoms in total. The number of benzene rings is 3. The number of sulfonamides is 1. The Morgan fingerprint density at radius 3 is 2.13 bits per heavy atom. The van der Waals surface area contributed by atoms with Crippen LogP contribution in [-0.2, 0) is 26.2 Å². The van der Waals surface area contributed by atoms with Crippen LogP contribution in [-0.4, -0.2) is 50.5 Å². The molecule has 2 amide bonds. The van der Waals surface area contributed by atoms with Crippen LogP contribution >= 0.6 is 11.8 Å². The number of thioether (sulfide) groups is 1. The Morgan fingerprint density at radius 2 is 1.58 bits per heavy atom. The predicted molar refractivity (Wildman–Crippen MR) is 149 cm³/mol. The Bertz CT molecular complexity index is 1350. The van der Waals surface area contributed by atoms with Crippen molar-refractivity contribution in [2.24, 2.45) is 0 Å². The fourth-order valence-corrected chi connectivity index (χ4v) is 5.63. The number of amides is 2. The second-order valence-corrected chi connectivity index (χ2v) is 11.5. The van der Waals surface area contributed by atoms with E-state index in [-0.39, 0.29) is 17.3 Å². The van der Waals surface area contributed by atoms with Gasteiger partial charge < -0.3 is 10.2 Å². The number of nitrogens with one attached hydrogen (secondary N) is 1. The molecule has 0 unspecified atom stereocenters. The summed E-state index contributed by atoms with van der Waals surface area (Å²) in [7, 11) is -4.13. The summed E-state index contributed by atoms with van der Waals surface area (Å²) in [6.07, 6.45) is 1.90. The SMILES string of the molecule is CCNC(=O)[C@H](C)N(Cc1ccc(F)cc1)C(=O)CN(c1ccc(C)cc1)S(=O)(=O)c1ccc(SC)cc1. The first-order valence-corrected chi connectivity index (χ1v) is 14.8. The number of carbonyl (C=O) groups is 2. The molecule has 38 heavy (non-hydrogen) atoms. The maximum Gasteiger partial charge on any atom is 0.264 e. The lowest BCUT2D eigenvalue weighted by Gasteiger charge is -2.32. The van der Waals surface area contributed by atoms with Crippen molar-refractivity contribution in [1.29, 1.82) is 0 Å². The third-order valence-corrected chi connectivity index (χ3v) is 8.56. The van der Waals surface area contributed by atoms with Gasteiger partial charge in [-0.05, 0) is 81.1 Å². The van der Waals surface area contributed by atoms with Gasteiger partial charge in [0, 0.05) is 18.0 Å². The summed E-state index contributed by atoms with van der Waals surface area (Å²) in [4.78, 5) is 28.7. The van der Waals surface area contributed by atoms with Gasteiger partial charge in [-0.2, -0.15) is 0 Å². The summed E-state index contributed by atoms with van der Waals surface area (Å²) in [6.45, 7) is 5.08. The number of halogens is 1. The molecule has 0 spiro atoms. The summed E-state index contributed by atoms with van der Waals surface area (Å²) < 4.78 is 42.1. The number of hydrogen-bond acceptors (Lipinski definition) is 5. The zero-order chi connectivity index (χ0) is 27.9. The highest BCUT2D eigenvalue weighted by atomic mass is 32.2. The molecule has 3 rings (SSSR count). The van der Waals surface area contributed by atoms with Gasteiger partial charge in [0.2, 0.25) is 11.8 Å². The highest BCUT2D eigenvalue weighted by Gasteiger charge is 2.32. The lowest BCUT2D eigenvalue weighted by atomic mass is 10.1. The molecule has 0 heterocycles. The zero-order valence-electron chi connectivity index (χ0n) is 21.8. The van der Waals surface area contributed by atoms with Crippen molar-refractivity contribution in [2.75, 3.05) is 23.7 Å². The summed E-state index contributed by atoms with van der Waals surface area (Å²) in [5.74, 6) is -1.37. The number of anilines is 1. The second kappa shape index (κ2) is 12.9. The van der Waals surface area contributed by atoms with Crippen LogP contribution in [0.2, 0.25) is 0 Å². The van der Waals surface area contributed by atoms with E-state index in [9.17, 15) is 22.4 Å². The second-order valence-electron chi connectivity index (χ2n) is 8.74. The largest absolute Gasteiger partial charge is 0.355 e. The highest BCUT2D eigenvalue weighted by Crippen LogP contribution is 2.26. The van der Waals surface area contributed by atoms with Crippen molar-refractivity contribution in [3.63, 3.8) is 0 Å². The monoisotopic (exact) mass is 557 g/mol. The molecule has 10 heteroatoms. The maximum absolute atomic E-state index is 13.8. The van der Waals surface area contributed by atoms with Crippen LogP contribution in [0.15, 0.2) is 82.6 Å². The fraction of sp³-hybridized carbons (Fsp3) is 0.286. The van der Waals surface area contributed by atoms with Crippen molar-refractivity contribution < 1.29 is 22.4 Å². The minimum Gasteiger partial charge on any atom is -0.355 e. The molecule has 0 aliphatic heterocycles. The van der Waals surface area contributed by atoms with Crippen molar-refractivity contribution in [2.45, 2.75) is 43.1 Å². The van der Waals surface area contributed by atoms with Crippen LogP contribution < -0.4 is 9.62 Å². The first-order chi connectivity index (χ1) is 18.1. The molecule has 0 aliphatic rings. The van der Waals surface area contributed by atoms with E-state index in [2.05, 4.69) is 5.32 Å². The molecule has 0 saturated heterocycles. The van der Waals surface area contributed by atoms with Crippen molar-refractivity contribution >= 4 is 39.3 Å². The Kier molecular flexibility index (Phi) is 9.93. The standard InChI is InChI=1S/C28H32FN3O4S2/c1-5-30-28(34)21(3)31(18-22-8-10-23(29)11-9-22)27(33)19-32(24-12-6-20(2)7-13-24)38(35,36)26-16-14-25(37-4)15-17-26/h6-17,21H,5,18-19H2,1-4H3,(H,30,34)/t21-/m0/s1. The minimum atomic E-state index is -4.13. The molecule has 0 bridgehead atoms. The van der Waals surface area contributed by atoms with Gasteiger partial charge in [0.15, 0.2) is 0 Å². The topological polar surface area (TPSA) is 86.8 Å². The summed E-state index contributed by atoms with van der Waals surface area (Å²) in [5.41, 5.74) is 1.86. The van der Waals surface area contributed by atoms with Crippen LogP contribution in [0, 0.1) is 12.7 Å². The van der Waals surface area contributed by atoms with E-state index in [4.69, 9.17) is 0 Å². The van der Waals surface area contributed by atoms with Crippen LogP contribution in [0.5, 0.6) is 0 Å². The molecule has 1 atom stereocenters. The Labute approximate surface area is 228 Å². The van der Waals surface area contributed by atoms with E-state index >= 15 is 0 Å². The molecule has 0 saturated carbocycles. The van der Waals surface area contributed by atoms with E-state index in [0.717, 1.165) is 14.8 Å². The lowest BCUT2D eigenvalue weighted by Crippen LogP contribution is -2.51. The van der Waals surface area contributed by atoms with Crippen LogP contribution in [0.25, 0.3) is 0 Å². The summed E-state index contributed by atoms with van der Waals surface area (Å²) in [5, 5.41) is 2.71. The van der Waals surface area contributed by atoms with Gasteiger partial charge in [-0.15, -0.1) is 11.8 Å². The van der Waals surface area contributed by atoms with Gasteiger partial charge in [0.25, 0.3) is 10.0 Å². The summed E-state index contributed by atoms with van der Waals surface area (Å²) >= 11 is 1.49. The average molecular weight is 558 g/mol. The highest BCUT2D eigenvalue weighted by molar-refractivity contribution is 7.98. The zero-order valence-corrected chi connectivity index (χ0v) is 23.5. The normalized spacial score (nSPS) is 12.0. The third kappa shape index (κ3) is 7.14. The molecular formula is C28H32FN3O4S2. The Morgan fingerprint density at radius 1 is 0.974 bits per heavy atom. The molecule has 3 aromatic rings. The predicted octanol–water partition coefficient (Wildman–Crippen LogP) is 4.60. The number of nitrogens with zero attached hydrogens (tertiary/aromatic N) is 2. The molecule has 0 aliphatic carbocycles. The maximum atomic E-state index is 13.8. The van der Waals surface area contributed by atoms with Crippen molar-refractivity contribution in [1.82, 2.24) is 10.2 Å². The quantitative estimate of drug-likeness (QED) is 0.348.